The molecule has 3 aromatic rings. The first-order valence-electron chi connectivity index (χ1n) is 9.72. The van der Waals surface area contributed by atoms with E-state index in [9.17, 15) is 18.5 Å². The number of hydrazone groups is 1. The molecule has 3 rings (SSSR count). The SMILES string of the molecule is COc1ccccc1NS(=O)(=O)c1cc([N+](=O)[O-])ccc1N/N=C\c1ccc(N(C)C)cc1. The highest BCUT2D eigenvalue weighted by molar-refractivity contribution is 7.93. The van der Waals surface area contributed by atoms with Crippen molar-refractivity contribution in [3.8, 4) is 5.75 Å². The van der Waals surface area contributed by atoms with Crippen LogP contribution in [0.4, 0.5) is 22.7 Å². The lowest BCUT2D eigenvalue weighted by Gasteiger charge is -2.14. The second-order valence-electron chi connectivity index (χ2n) is 7.10. The first-order chi connectivity index (χ1) is 15.7. The van der Waals surface area contributed by atoms with Crippen molar-refractivity contribution in [2.24, 2.45) is 5.10 Å². The maximum Gasteiger partial charge on any atom is 0.270 e. The second kappa shape index (κ2) is 10.0. The molecule has 0 amide bonds. The molecule has 0 saturated carbocycles. The van der Waals surface area contributed by atoms with E-state index in [1.165, 1.54) is 31.5 Å². The van der Waals surface area contributed by atoms with Gasteiger partial charge in [0.15, 0.2) is 0 Å². The molecule has 2 N–H and O–H groups in total. The maximum atomic E-state index is 13.1. The highest BCUT2D eigenvalue weighted by Crippen LogP contribution is 2.31. The number of nitrogens with one attached hydrogen (secondary N) is 2. The molecule has 0 atom stereocenters. The molecule has 0 aliphatic carbocycles. The molecular weight excluding hydrogens is 446 g/mol. The van der Waals surface area contributed by atoms with Crippen molar-refractivity contribution in [1.82, 2.24) is 0 Å². The van der Waals surface area contributed by atoms with Crippen LogP contribution in [-0.2, 0) is 10.0 Å². The average Bonchev–Trinajstić information content (AvgIpc) is 2.79. The summed E-state index contributed by atoms with van der Waals surface area (Å²) in [6, 6.07) is 17.5. The van der Waals surface area contributed by atoms with Crippen LogP contribution in [0.25, 0.3) is 0 Å². The number of nitro benzene ring substituents is 1. The normalized spacial score (nSPS) is 11.2. The first kappa shape index (κ1) is 23.5. The molecule has 0 fully saturated rings. The minimum Gasteiger partial charge on any atom is -0.495 e. The molecule has 11 heteroatoms. The summed E-state index contributed by atoms with van der Waals surface area (Å²) < 4.78 is 33.8. The Morgan fingerprint density at radius 2 is 1.73 bits per heavy atom. The summed E-state index contributed by atoms with van der Waals surface area (Å²) in [5, 5.41) is 15.3. The molecular formula is C22H23N5O5S. The van der Waals surface area contributed by atoms with E-state index in [-0.39, 0.29) is 22.0 Å². The first-order valence-corrected chi connectivity index (χ1v) is 11.2. The van der Waals surface area contributed by atoms with Crippen LogP contribution < -0.4 is 19.8 Å². The van der Waals surface area contributed by atoms with Gasteiger partial charge in [0.1, 0.15) is 10.6 Å². The molecule has 0 aliphatic heterocycles. The molecule has 10 nitrogen and oxygen atoms in total. The van der Waals surface area contributed by atoms with Gasteiger partial charge in [-0.1, -0.05) is 24.3 Å². The Hall–Kier alpha value is -4.12. The largest absolute Gasteiger partial charge is 0.495 e. The third-order valence-corrected chi connectivity index (χ3v) is 6.03. The minimum absolute atomic E-state index is 0.0733. The topological polar surface area (TPSA) is 126 Å². The molecule has 0 heterocycles. The predicted molar refractivity (Wildman–Crippen MR) is 129 cm³/mol. The summed E-state index contributed by atoms with van der Waals surface area (Å²) in [5.74, 6) is 0.306. The van der Waals surface area contributed by atoms with Crippen LogP contribution in [-0.4, -0.2) is 40.8 Å². The summed E-state index contributed by atoms with van der Waals surface area (Å²) >= 11 is 0. The summed E-state index contributed by atoms with van der Waals surface area (Å²) in [6.45, 7) is 0. The van der Waals surface area contributed by atoms with Gasteiger partial charge in [-0.3, -0.25) is 20.3 Å². The van der Waals surface area contributed by atoms with Crippen LogP contribution in [0.1, 0.15) is 5.56 Å². The Labute approximate surface area is 191 Å². The van der Waals surface area contributed by atoms with Gasteiger partial charge in [-0.2, -0.15) is 5.10 Å². The molecule has 0 radical (unpaired) electrons. The van der Waals surface area contributed by atoms with Crippen molar-refractivity contribution in [3.05, 3.63) is 82.4 Å². The van der Waals surface area contributed by atoms with E-state index in [0.717, 1.165) is 17.3 Å². The molecule has 0 bridgehead atoms. The minimum atomic E-state index is -4.22. The quantitative estimate of drug-likeness (QED) is 0.276. The molecule has 0 aromatic heterocycles. The monoisotopic (exact) mass is 469 g/mol. The van der Waals surface area contributed by atoms with Crippen LogP contribution >= 0.6 is 0 Å². The number of nitro groups is 1. The zero-order valence-electron chi connectivity index (χ0n) is 18.2. The Morgan fingerprint density at radius 1 is 1.03 bits per heavy atom. The van der Waals surface area contributed by atoms with Gasteiger partial charge in [0.05, 0.1) is 29.6 Å². The van der Waals surface area contributed by atoms with Gasteiger partial charge in [-0.15, -0.1) is 0 Å². The number of sulfonamides is 1. The summed E-state index contributed by atoms with van der Waals surface area (Å²) in [4.78, 5) is 12.2. The summed E-state index contributed by atoms with van der Waals surface area (Å²) in [6.07, 6.45) is 1.52. The fourth-order valence-corrected chi connectivity index (χ4v) is 4.15. The van der Waals surface area contributed by atoms with Crippen LogP contribution in [0, 0.1) is 10.1 Å². The predicted octanol–water partition coefficient (Wildman–Crippen LogP) is 3.92. The van der Waals surface area contributed by atoms with E-state index >= 15 is 0 Å². The summed E-state index contributed by atoms with van der Waals surface area (Å²) in [5.41, 5.74) is 4.37. The van der Waals surface area contributed by atoms with Gasteiger partial charge < -0.3 is 9.64 Å². The van der Waals surface area contributed by atoms with Gasteiger partial charge in [0.25, 0.3) is 15.7 Å². The smallest absolute Gasteiger partial charge is 0.270 e. The van der Waals surface area contributed by atoms with Gasteiger partial charge in [-0.25, -0.2) is 8.42 Å². The van der Waals surface area contributed by atoms with E-state index < -0.39 is 14.9 Å². The lowest BCUT2D eigenvalue weighted by molar-refractivity contribution is -0.385. The zero-order chi connectivity index (χ0) is 24.0. The Balaban J connectivity index is 1.91. The third kappa shape index (κ3) is 5.77. The lowest BCUT2D eigenvalue weighted by Crippen LogP contribution is -2.15. The fourth-order valence-electron chi connectivity index (χ4n) is 2.90. The number of methoxy groups -OCH3 is 1. The number of non-ortho nitro benzene ring substituents is 1. The van der Waals surface area contributed by atoms with Crippen molar-refractivity contribution < 1.29 is 18.1 Å². The summed E-state index contributed by atoms with van der Waals surface area (Å²) in [7, 11) is 1.05. The van der Waals surface area contributed by atoms with Gasteiger partial charge in [0.2, 0.25) is 0 Å². The molecule has 0 saturated heterocycles. The highest BCUT2D eigenvalue weighted by atomic mass is 32.2. The Morgan fingerprint density at radius 3 is 2.36 bits per heavy atom. The average molecular weight is 470 g/mol. The third-order valence-electron chi connectivity index (χ3n) is 4.62. The molecule has 3 aromatic carbocycles. The molecule has 0 unspecified atom stereocenters. The van der Waals surface area contributed by atoms with E-state index in [1.54, 1.807) is 18.2 Å². The van der Waals surface area contributed by atoms with Gasteiger partial charge in [-0.05, 0) is 35.9 Å². The van der Waals surface area contributed by atoms with Crippen LogP contribution in [0.2, 0.25) is 0 Å². The number of ether oxygens (including phenoxy) is 1. The highest BCUT2D eigenvalue weighted by Gasteiger charge is 2.23. The van der Waals surface area contributed by atoms with Crippen LogP contribution in [0.15, 0.2) is 76.7 Å². The Bertz CT molecular complexity index is 1270. The second-order valence-corrected chi connectivity index (χ2v) is 8.75. The molecule has 172 valence electrons. The maximum absolute atomic E-state index is 13.1. The molecule has 33 heavy (non-hydrogen) atoms. The number of para-hydroxylation sites is 2. The fraction of sp³-hybridized carbons (Fsp3) is 0.136. The number of benzene rings is 3. The number of hydrogen-bond acceptors (Lipinski definition) is 8. The Kier molecular flexibility index (Phi) is 7.13. The van der Waals surface area contributed by atoms with Crippen molar-refractivity contribution >= 4 is 39.0 Å². The van der Waals surface area contributed by atoms with Crippen molar-refractivity contribution in [2.45, 2.75) is 4.90 Å². The number of rotatable bonds is 9. The number of nitrogens with zero attached hydrogens (tertiary/aromatic N) is 3. The van der Waals surface area contributed by atoms with E-state index in [4.69, 9.17) is 4.74 Å². The zero-order valence-corrected chi connectivity index (χ0v) is 19.0. The molecule has 0 spiro atoms. The standard InChI is InChI=1S/C22H23N5O5S/c1-26(2)17-10-8-16(9-11-17)15-23-24-20-13-12-18(27(28)29)14-22(20)33(30,31)25-19-6-4-5-7-21(19)32-3/h4-15,24-25H,1-3H3/b23-15-. The van der Waals surface area contributed by atoms with E-state index in [1.807, 2.05) is 43.3 Å². The van der Waals surface area contributed by atoms with Gasteiger partial charge >= 0.3 is 0 Å². The van der Waals surface area contributed by atoms with Gasteiger partial charge in [0, 0.05) is 31.9 Å². The lowest BCUT2D eigenvalue weighted by atomic mass is 10.2. The number of hydrogen-bond donors (Lipinski definition) is 2. The van der Waals surface area contributed by atoms with E-state index in [0.29, 0.717) is 5.75 Å². The van der Waals surface area contributed by atoms with Crippen molar-refractivity contribution in [3.63, 3.8) is 0 Å². The van der Waals surface area contributed by atoms with Crippen LogP contribution in [0.5, 0.6) is 5.75 Å². The number of anilines is 3. The van der Waals surface area contributed by atoms with Crippen molar-refractivity contribution in [2.75, 3.05) is 36.3 Å². The van der Waals surface area contributed by atoms with Crippen molar-refractivity contribution in [1.29, 1.82) is 0 Å². The van der Waals surface area contributed by atoms with Crippen LogP contribution in [0.3, 0.4) is 0 Å². The van der Waals surface area contributed by atoms with E-state index in [2.05, 4.69) is 15.2 Å². The molecule has 0 aliphatic rings.